The molecule has 3 nitrogen and oxygen atoms in total. The summed E-state index contributed by atoms with van der Waals surface area (Å²) in [4.78, 5) is 15.6. The van der Waals surface area contributed by atoms with Crippen molar-refractivity contribution in [1.29, 1.82) is 0 Å². The van der Waals surface area contributed by atoms with E-state index in [1.54, 1.807) is 18.5 Å². The number of nitrogens with zero attached hydrogens (tertiary/aromatic N) is 1. The molecule has 1 aromatic carbocycles. The highest BCUT2D eigenvalue weighted by molar-refractivity contribution is 5.94. The Morgan fingerprint density at radius 1 is 0.941 bits per heavy atom. The normalized spacial score (nSPS) is 10.6. The molecule has 0 aliphatic carbocycles. The van der Waals surface area contributed by atoms with Crippen molar-refractivity contribution in [3.63, 3.8) is 0 Å². The second-order valence-corrected chi connectivity index (χ2v) is 3.72. The third-order valence-corrected chi connectivity index (χ3v) is 2.71. The maximum absolute atomic E-state index is 11.6. The lowest BCUT2D eigenvalue weighted by atomic mass is 10.0. The maximum atomic E-state index is 11.6. The van der Waals surface area contributed by atoms with Crippen LogP contribution in [0.5, 0.6) is 0 Å². The molecule has 0 saturated heterocycles. The van der Waals surface area contributed by atoms with Gasteiger partial charge in [-0.2, -0.15) is 0 Å². The first kappa shape index (κ1) is 9.78. The highest BCUT2D eigenvalue weighted by atomic mass is 16.4. The first-order valence-corrected chi connectivity index (χ1v) is 5.27. The largest absolute Gasteiger partial charge is 0.430 e. The van der Waals surface area contributed by atoms with Crippen LogP contribution in [0, 0.1) is 0 Å². The van der Waals surface area contributed by atoms with Gasteiger partial charge < -0.3 is 4.42 Å². The summed E-state index contributed by atoms with van der Waals surface area (Å²) in [5.41, 5.74) is 1.58. The number of aromatic nitrogens is 1. The zero-order valence-electron chi connectivity index (χ0n) is 8.96. The average Bonchev–Trinajstić information content (AvgIpc) is 2.41. The molecule has 3 heteroatoms. The van der Waals surface area contributed by atoms with E-state index in [0.29, 0.717) is 5.39 Å². The van der Waals surface area contributed by atoms with Crippen molar-refractivity contribution in [2.45, 2.75) is 0 Å². The van der Waals surface area contributed by atoms with Crippen LogP contribution in [0.15, 0.2) is 64.3 Å². The van der Waals surface area contributed by atoms with Gasteiger partial charge in [-0.1, -0.05) is 18.2 Å². The van der Waals surface area contributed by atoms with E-state index in [0.717, 1.165) is 16.5 Å². The lowest BCUT2D eigenvalue weighted by Gasteiger charge is -2.04. The summed E-state index contributed by atoms with van der Waals surface area (Å²) in [5.74, 6) is 0. The zero-order chi connectivity index (χ0) is 11.7. The molecule has 0 atom stereocenters. The third kappa shape index (κ3) is 1.61. The molecule has 0 unspecified atom stereocenters. The summed E-state index contributed by atoms with van der Waals surface area (Å²) < 4.78 is 5.05. The fourth-order valence-corrected chi connectivity index (χ4v) is 1.89. The van der Waals surface area contributed by atoms with Gasteiger partial charge in [0.05, 0.1) is 5.39 Å². The van der Waals surface area contributed by atoms with E-state index < -0.39 is 0 Å². The van der Waals surface area contributed by atoms with Crippen molar-refractivity contribution in [3.8, 4) is 11.1 Å². The summed E-state index contributed by atoms with van der Waals surface area (Å²) in [6.07, 6.45) is 4.93. The molecule has 0 aliphatic heterocycles. The van der Waals surface area contributed by atoms with Crippen molar-refractivity contribution >= 4 is 10.8 Å². The molecule has 0 fully saturated rings. The van der Waals surface area contributed by atoms with Gasteiger partial charge in [-0.15, -0.1) is 0 Å². The molecule has 3 rings (SSSR count). The van der Waals surface area contributed by atoms with Crippen molar-refractivity contribution in [1.82, 2.24) is 4.98 Å². The summed E-state index contributed by atoms with van der Waals surface area (Å²) >= 11 is 0. The van der Waals surface area contributed by atoms with E-state index >= 15 is 0 Å². The number of pyridine rings is 1. The van der Waals surface area contributed by atoms with Gasteiger partial charge in [-0.25, -0.2) is 4.79 Å². The van der Waals surface area contributed by atoms with Gasteiger partial charge in [0.2, 0.25) is 0 Å². The Bertz CT molecular complexity index is 717. The van der Waals surface area contributed by atoms with E-state index in [4.69, 9.17) is 4.42 Å². The van der Waals surface area contributed by atoms with Crippen LogP contribution in [-0.2, 0) is 0 Å². The number of fused-ring (bicyclic) bond motifs is 1. The molecular formula is C14H9NO2. The summed E-state index contributed by atoms with van der Waals surface area (Å²) in [6, 6.07) is 11.2. The molecule has 0 spiro atoms. The fourth-order valence-electron chi connectivity index (χ4n) is 1.89. The molecule has 0 radical (unpaired) electrons. The van der Waals surface area contributed by atoms with Gasteiger partial charge in [0.25, 0.3) is 0 Å². The van der Waals surface area contributed by atoms with E-state index in [-0.39, 0.29) is 5.63 Å². The first-order chi connectivity index (χ1) is 8.36. The standard InChI is InChI=1S/C14H9NO2/c16-14-12-4-2-1-3-11(12)13(9-17-14)10-5-7-15-8-6-10/h1-9H. The predicted molar refractivity (Wildman–Crippen MR) is 65.7 cm³/mol. The van der Waals surface area contributed by atoms with Crippen molar-refractivity contribution in [2.24, 2.45) is 0 Å². The smallest absolute Gasteiger partial charge is 0.343 e. The maximum Gasteiger partial charge on any atom is 0.343 e. The summed E-state index contributed by atoms with van der Waals surface area (Å²) in [5, 5.41) is 1.50. The zero-order valence-corrected chi connectivity index (χ0v) is 8.96. The average molecular weight is 223 g/mol. The minimum Gasteiger partial charge on any atom is -0.430 e. The number of hydrogen-bond donors (Lipinski definition) is 0. The second kappa shape index (κ2) is 3.87. The van der Waals surface area contributed by atoms with Crippen molar-refractivity contribution < 1.29 is 4.42 Å². The molecular weight excluding hydrogens is 214 g/mol. The Labute approximate surface area is 97.4 Å². The summed E-state index contributed by atoms with van der Waals surface area (Å²) in [6.45, 7) is 0. The molecule has 0 amide bonds. The van der Waals surface area contributed by atoms with Crippen LogP contribution in [-0.4, -0.2) is 4.98 Å². The topological polar surface area (TPSA) is 43.1 Å². The van der Waals surface area contributed by atoms with Gasteiger partial charge in [0.15, 0.2) is 0 Å². The Kier molecular flexibility index (Phi) is 2.22. The number of benzene rings is 1. The highest BCUT2D eigenvalue weighted by Gasteiger charge is 2.07. The molecule has 17 heavy (non-hydrogen) atoms. The molecule has 0 aliphatic rings. The van der Waals surface area contributed by atoms with Crippen LogP contribution in [0.2, 0.25) is 0 Å². The Morgan fingerprint density at radius 3 is 2.41 bits per heavy atom. The van der Waals surface area contributed by atoms with Crippen molar-refractivity contribution in [3.05, 3.63) is 65.5 Å². The van der Waals surface area contributed by atoms with Gasteiger partial charge in [0, 0.05) is 18.0 Å². The van der Waals surface area contributed by atoms with Crippen LogP contribution in [0.3, 0.4) is 0 Å². The van der Waals surface area contributed by atoms with Gasteiger partial charge >= 0.3 is 5.63 Å². The lowest BCUT2D eigenvalue weighted by molar-refractivity contribution is 0.521. The molecule has 0 bridgehead atoms. The quantitative estimate of drug-likeness (QED) is 0.637. The molecule has 0 N–H and O–H groups in total. The molecule has 3 aromatic rings. The summed E-state index contributed by atoms with van der Waals surface area (Å²) in [7, 11) is 0. The van der Waals surface area contributed by atoms with Crippen LogP contribution < -0.4 is 5.63 Å². The minimum absolute atomic E-state index is 0.307. The SMILES string of the molecule is O=c1occ(-c2ccncc2)c2ccccc12. The lowest BCUT2D eigenvalue weighted by Crippen LogP contribution is -1.99. The van der Waals surface area contributed by atoms with Crippen molar-refractivity contribution in [2.75, 3.05) is 0 Å². The molecule has 2 heterocycles. The Morgan fingerprint density at radius 2 is 1.65 bits per heavy atom. The van der Waals surface area contributed by atoms with E-state index in [1.807, 2.05) is 30.3 Å². The second-order valence-electron chi connectivity index (χ2n) is 3.72. The number of hydrogen-bond acceptors (Lipinski definition) is 3. The highest BCUT2D eigenvalue weighted by Crippen LogP contribution is 2.25. The van der Waals surface area contributed by atoms with Crippen LogP contribution >= 0.6 is 0 Å². The minimum atomic E-state index is -0.307. The molecule has 82 valence electrons. The van der Waals surface area contributed by atoms with Gasteiger partial charge in [-0.3, -0.25) is 4.98 Å². The monoisotopic (exact) mass is 223 g/mol. The molecule has 0 saturated carbocycles. The Balaban J connectivity index is 2.39. The number of rotatable bonds is 1. The van der Waals surface area contributed by atoms with E-state index in [2.05, 4.69) is 4.98 Å². The van der Waals surface area contributed by atoms with Crippen LogP contribution in [0.25, 0.3) is 21.9 Å². The first-order valence-electron chi connectivity index (χ1n) is 5.27. The van der Waals surface area contributed by atoms with E-state index in [9.17, 15) is 4.79 Å². The fraction of sp³-hybridized carbons (Fsp3) is 0. The van der Waals surface area contributed by atoms with E-state index in [1.165, 1.54) is 6.26 Å². The van der Waals surface area contributed by atoms with Crippen LogP contribution in [0.1, 0.15) is 0 Å². The Hall–Kier alpha value is -2.42. The van der Waals surface area contributed by atoms with Crippen LogP contribution in [0.4, 0.5) is 0 Å². The molecule has 2 aromatic heterocycles. The van der Waals surface area contributed by atoms with Gasteiger partial charge in [0.1, 0.15) is 6.26 Å². The third-order valence-electron chi connectivity index (χ3n) is 2.71. The van der Waals surface area contributed by atoms with Gasteiger partial charge in [-0.05, 0) is 29.1 Å². The predicted octanol–water partition coefficient (Wildman–Crippen LogP) is 2.86.